The number of furan rings is 1. The van der Waals surface area contributed by atoms with Gasteiger partial charge in [0.15, 0.2) is 5.76 Å². The first kappa shape index (κ1) is 13.3. The Morgan fingerprint density at radius 1 is 1.53 bits per heavy atom. The van der Waals surface area contributed by atoms with Crippen molar-refractivity contribution in [2.24, 2.45) is 5.92 Å². The normalized spacial score (nSPS) is 12.1. The van der Waals surface area contributed by atoms with Crippen LogP contribution in [0.5, 0.6) is 0 Å². The molecule has 0 aliphatic carbocycles. The van der Waals surface area contributed by atoms with Crippen LogP contribution >= 0.6 is 0 Å². The molecule has 5 heteroatoms. The molecule has 0 aromatic carbocycles. The van der Waals surface area contributed by atoms with E-state index in [2.05, 4.69) is 5.32 Å². The van der Waals surface area contributed by atoms with E-state index in [0.717, 1.165) is 5.56 Å². The summed E-state index contributed by atoms with van der Waals surface area (Å²) in [5.74, 6) is -0.904. The van der Waals surface area contributed by atoms with E-state index >= 15 is 0 Å². The number of carbonyl (C=O) groups excluding carboxylic acids is 1. The number of nitrogens with one attached hydrogen (secondary N) is 1. The number of aliphatic carboxylic acids is 1. The van der Waals surface area contributed by atoms with Crippen LogP contribution in [0.25, 0.3) is 0 Å². The fraction of sp³-hybridized carbons (Fsp3) is 0.500. The minimum atomic E-state index is -0.847. The van der Waals surface area contributed by atoms with Crippen LogP contribution in [0.15, 0.2) is 16.7 Å². The minimum Gasteiger partial charge on any atom is -0.481 e. The van der Waals surface area contributed by atoms with E-state index in [9.17, 15) is 9.59 Å². The predicted octanol–water partition coefficient (Wildman–Crippen LogP) is 1.82. The molecule has 1 aromatic heterocycles. The number of rotatable bonds is 6. The van der Waals surface area contributed by atoms with Crippen molar-refractivity contribution in [2.45, 2.75) is 26.7 Å². The first-order valence-electron chi connectivity index (χ1n) is 5.58. The lowest BCUT2D eigenvalue weighted by molar-refractivity contribution is -0.138. The zero-order valence-corrected chi connectivity index (χ0v) is 10.0. The van der Waals surface area contributed by atoms with E-state index in [0.29, 0.717) is 13.0 Å². The van der Waals surface area contributed by atoms with Gasteiger partial charge in [0.1, 0.15) is 0 Å². The number of aryl methyl sites for hydroxylation is 1. The van der Waals surface area contributed by atoms with Crippen molar-refractivity contribution in [3.63, 3.8) is 0 Å². The van der Waals surface area contributed by atoms with Crippen LogP contribution in [-0.2, 0) is 4.79 Å². The second-order valence-corrected chi connectivity index (χ2v) is 4.01. The van der Waals surface area contributed by atoms with Crippen molar-refractivity contribution in [1.29, 1.82) is 0 Å². The van der Waals surface area contributed by atoms with Gasteiger partial charge in [-0.05, 0) is 18.9 Å². The maximum absolute atomic E-state index is 11.7. The highest BCUT2D eigenvalue weighted by atomic mass is 16.4. The molecule has 0 aliphatic rings. The van der Waals surface area contributed by atoms with Gasteiger partial charge in [0.05, 0.1) is 6.26 Å². The molecule has 1 rings (SSSR count). The lowest BCUT2D eigenvalue weighted by Crippen LogP contribution is -2.30. The maximum Gasteiger partial charge on any atom is 0.303 e. The molecule has 1 unspecified atom stereocenters. The lowest BCUT2D eigenvalue weighted by atomic mass is 10.0. The van der Waals surface area contributed by atoms with Crippen molar-refractivity contribution in [1.82, 2.24) is 5.32 Å². The summed E-state index contributed by atoms with van der Waals surface area (Å²) in [4.78, 5) is 22.2. The molecule has 1 heterocycles. The molecule has 0 spiro atoms. The third-order valence-corrected chi connectivity index (χ3v) is 2.66. The number of carboxylic acids is 1. The fourth-order valence-corrected chi connectivity index (χ4v) is 1.53. The molecule has 2 N–H and O–H groups in total. The van der Waals surface area contributed by atoms with Gasteiger partial charge < -0.3 is 14.8 Å². The summed E-state index contributed by atoms with van der Waals surface area (Å²) in [7, 11) is 0. The van der Waals surface area contributed by atoms with E-state index in [4.69, 9.17) is 9.52 Å². The highest BCUT2D eigenvalue weighted by molar-refractivity contribution is 5.92. The monoisotopic (exact) mass is 239 g/mol. The van der Waals surface area contributed by atoms with Crippen molar-refractivity contribution in [3.8, 4) is 0 Å². The molecule has 0 radical (unpaired) electrons. The van der Waals surface area contributed by atoms with Crippen LogP contribution in [0, 0.1) is 12.8 Å². The number of hydrogen-bond acceptors (Lipinski definition) is 3. The minimum absolute atomic E-state index is 0.0493. The zero-order chi connectivity index (χ0) is 12.8. The summed E-state index contributed by atoms with van der Waals surface area (Å²) >= 11 is 0. The summed E-state index contributed by atoms with van der Waals surface area (Å²) in [5, 5.41) is 11.4. The molecule has 17 heavy (non-hydrogen) atoms. The molecular weight excluding hydrogens is 222 g/mol. The maximum atomic E-state index is 11.7. The van der Waals surface area contributed by atoms with Gasteiger partial charge in [0.2, 0.25) is 0 Å². The molecular formula is C12H17NO4. The Labute approximate surface area is 99.8 Å². The van der Waals surface area contributed by atoms with Crippen LogP contribution in [0.1, 0.15) is 35.9 Å². The third-order valence-electron chi connectivity index (χ3n) is 2.66. The molecule has 1 atom stereocenters. The molecule has 0 bridgehead atoms. The Bertz CT molecular complexity index is 397. The summed E-state index contributed by atoms with van der Waals surface area (Å²) in [6.07, 6.45) is 2.23. The van der Waals surface area contributed by atoms with Gasteiger partial charge in [0.25, 0.3) is 5.91 Å². The fourth-order valence-electron chi connectivity index (χ4n) is 1.53. The highest BCUT2D eigenvalue weighted by Gasteiger charge is 2.16. The number of amides is 1. The Hall–Kier alpha value is -1.78. The summed E-state index contributed by atoms with van der Waals surface area (Å²) in [6.45, 7) is 4.03. The predicted molar refractivity (Wildman–Crippen MR) is 61.8 cm³/mol. The quantitative estimate of drug-likeness (QED) is 0.793. The molecule has 94 valence electrons. The van der Waals surface area contributed by atoms with E-state index in [1.807, 2.05) is 6.92 Å². The van der Waals surface area contributed by atoms with E-state index in [1.165, 1.54) is 6.26 Å². The molecule has 1 amide bonds. The van der Waals surface area contributed by atoms with Crippen LogP contribution in [-0.4, -0.2) is 23.5 Å². The van der Waals surface area contributed by atoms with Crippen molar-refractivity contribution >= 4 is 11.9 Å². The lowest BCUT2D eigenvalue weighted by Gasteiger charge is -2.12. The highest BCUT2D eigenvalue weighted by Crippen LogP contribution is 2.10. The first-order chi connectivity index (χ1) is 8.04. The standard InChI is InChI=1S/C12H17NO4/c1-3-9(6-10(14)15)7-13-12(16)11-8(2)4-5-17-11/h4-5,9H,3,6-7H2,1-2H3,(H,13,16)(H,14,15). The number of carbonyl (C=O) groups is 2. The first-order valence-corrected chi connectivity index (χ1v) is 5.58. The van der Waals surface area contributed by atoms with Crippen molar-refractivity contribution in [2.75, 3.05) is 6.54 Å². The Morgan fingerprint density at radius 2 is 2.24 bits per heavy atom. The molecule has 0 fully saturated rings. The van der Waals surface area contributed by atoms with Gasteiger partial charge in [-0.3, -0.25) is 9.59 Å². The molecule has 1 aromatic rings. The Morgan fingerprint density at radius 3 is 2.71 bits per heavy atom. The average Bonchev–Trinajstić information content (AvgIpc) is 2.69. The Balaban J connectivity index is 2.47. The van der Waals surface area contributed by atoms with E-state index in [1.54, 1.807) is 13.0 Å². The second kappa shape index (κ2) is 6.08. The summed E-state index contributed by atoms with van der Waals surface area (Å²) < 4.78 is 5.04. The topological polar surface area (TPSA) is 79.5 Å². The zero-order valence-electron chi connectivity index (χ0n) is 10.0. The third kappa shape index (κ3) is 3.94. The number of carboxylic acid groups (broad SMARTS) is 1. The van der Waals surface area contributed by atoms with Crippen LogP contribution in [0.4, 0.5) is 0 Å². The molecule has 0 aliphatic heterocycles. The van der Waals surface area contributed by atoms with Crippen molar-refractivity contribution < 1.29 is 19.1 Å². The van der Waals surface area contributed by atoms with Gasteiger partial charge in [0, 0.05) is 18.5 Å². The average molecular weight is 239 g/mol. The van der Waals surface area contributed by atoms with E-state index in [-0.39, 0.29) is 24.0 Å². The second-order valence-electron chi connectivity index (χ2n) is 4.01. The van der Waals surface area contributed by atoms with Crippen LogP contribution in [0.3, 0.4) is 0 Å². The summed E-state index contributed by atoms with van der Waals surface area (Å²) in [5.41, 5.74) is 0.772. The molecule has 0 saturated carbocycles. The molecule has 0 saturated heterocycles. The SMILES string of the molecule is CCC(CNC(=O)c1occc1C)CC(=O)O. The van der Waals surface area contributed by atoms with Crippen molar-refractivity contribution in [3.05, 3.63) is 23.7 Å². The van der Waals surface area contributed by atoms with Gasteiger partial charge in [-0.15, -0.1) is 0 Å². The van der Waals surface area contributed by atoms with E-state index < -0.39 is 5.97 Å². The van der Waals surface area contributed by atoms with Gasteiger partial charge in [-0.25, -0.2) is 0 Å². The number of hydrogen-bond donors (Lipinski definition) is 2. The largest absolute Gasteiger partial charge is 0.481 e. The van der Waals surface area contributed by atoms with Gasteiger partial charge in [-0.1, -0.05) is 13.3 Å². The smallest absolute Gasteiger partial charge is 0.303 e. The van der Waals surface area contributed by atoms with Gasteiger partial charge in [-0.2, -0.15) is 0 Å². The van der Waals surface area contributed by atoms with Crippen LogP contribution in [0.2, 0.25) is 0 Å². The summed E-state index contributed by atoms with van der Waals surface area (Å²) in [6, 6.07) is 1.71. The van der Waals surface area contributed by atoms with Crippen LogP contribution < -0.4 is 5.32 Å². The molecule has 5 nitrogen and oxygen atoms in total. The van der Waals surface area contributed by atoms with Gasteiger partial charge >= 0.3 is 5.97 Å². The Kier molecular flexibility index (Phi) is 4.75.